The summed E-state index contributed by atoms with van der Waals surface area (Å²) in [6.07, 6.45) is 0. The Hall–Kier alpha value is -0.810. The van der Waals surface area contributed by atoms with Gasteiger partial charge >= 0.3 is 0 Å². The van der Waals surface area contributed by atoms with Crippen molar-refractivity contribution < 1.29 is 0 Å². The highest BCUT2D eigenvalue weighted by Crippen LogP contribution is 2.05. The van der Waals surface area contributed by atoms with Crippen LogP contribution < -0.4 is 5.32 Å². The average molecular weight is 225 g/mol. The molecule has 0 bridgehead atoms. The van der Waals surface area contributed by atoms with Gasteiger partial charge in [0.05, 0.1) is 6.54 Å². The molecule has 0 saturated carbocycles. The molecule has 0 amide bonds. The SMILES string of the molecule is CN1CCN(C)C(CNC2=NCCN2C)C1. The van der Waals surface area contributed by atoms with E-state index in [0.29, 0.717) is 6.04 Å². The number of nitrogens with zero attached hydrogens (tertiary/aromatic N) is 4. The van der Waals surface area contributed by atoms with Crippen molar-refractivity contribution in [2.75, 3.05) is 60.4 Å². The Morgan fingerprint density at radius 3 is 2.75 bits per heavy atom. The van der Waals surface area contributed by atoms with E-state index >= 15 is 0 Å². The summed E-state index contributed by atoms with van der Waals surface area (Å²) in [4.78, 5) is 11.5. The van der Waals surface area contributed by atoms with E-state index in [9.17, 15) is 0 Å². The summed E-state index contributed by atoms with van der Waals surface area (Å²) >= 11 is 0. The lowest BCUT2D eigenvalue weighted by Gasteiger charge is -2.38. The standard InChI is InChI=1S/C11H23N5/c1-14-6-7-15(2)10(9-14)8-13-11-12-4-5-16(11)3/h10H,4-9H2,1-3H3,(H,12,13). The molecule has 2 aliphatic rings. The molecule has 0 spiro atoms. The fourth-order valence-electron chi connectivity index (χ4n) is 2.25. The van der Waals surface area contributed by atoms with Gasteiger partial charge in [0.15, 0.2) is 5.96 Å². The first-order chi connectivity index (χ1) is 7.66. The summed E-state index contributed by atoms with van der Waals surface area (Å²) < 4.78 is 0. The van der Waals surface area contributed by atoms with Gasteiger partial charge in [-0.15, -0.1) is 0 Å². The zero-order chi connectivity index (χ0) is 11.5. The number of nitrogens with one attached hydrogen (secondary N) is 1. The Bertz CT molecular complexity index is 265. The van der Waals surface area contributed by atoms with Gasteiger partial charge in [0.2, 0.25) is 0 Å². The van der Waals surface area contributed by atoms with Gasteiger partial charge in [-0.05, 0) is 14.1 Å². The van der Waals surface area contributed by atoms with Gasteiger partial charge in [-0.3, -0.25) is 9.89 Å². The summed E-state index contributed by atoms with van der Waals surface area (Å²) in [5, 5.41) is 3.46. The maximum atomic E-state index is 4.44. The van der Waals surface area contributed by atoms with Crippen molar-refractivity contribution >= 4 is 5.96 Å². The van der Waals surface area contributed by atoms with Gasteiger partial charge in [0.1, 0.15) is 0 Å². The number of likely N-dealkylation sites (N-methyl/N-ethyl adjacent to an activating group) is 3. The predicted molar refractivity (Wildman–Crippen MR) is 66.8 cm³/mol. The van der Waals surface area contributed by atoms with E-state index in [0.717, 1.165) is 38.7 Å². The van der Waals surface area contributed by atoms with Crippen molar-refractivity contribution in [2.24, 2.45) is 4.99 Å². The van der Waals surface area contributed by atoms with E-state index in [-0.39, 0.29) is 0 Å². The van der Waals surface area contributed by atoms with Crippen LogP contribution in [-0.2, 0) is 0 Å². The Morgan fingerprint density at radius 2 is 2.06 bits per heavy atom. The number of hydrogen-bond donors (Lipinski definition) is 1. The third kappa shape index (κ3) is 2.65. The minimum Gasteiger partial charge on any atom is -0.355 e. The van der Waals surface area contributed by atoms with Crippen molar-refractivity contribution in [3.63, 3.8) is 0 Å². The molecule has 1 saturated heterocycles. The smallest absolute Gasteiger partial charge is 0.193 e. The fraction of sp³-hybridized carbons (Fsp3) is 0.909. The summed E-state index contributed by atoms with van der Waals surface area (Å²) in [6.45, 7) is 6.44. The molecule has 2 aliphatic heterocycles. The minimum absolute atomic E-state index is 0.593. The highest BCUT2D eigenvalue weighted by molar-refractivity contribution is 5.81. The molecule has 0 aromatic rings. The van der Waals surface area contributed by atoms with Crippen LogP contribution in [0.4, 0.5) is 0 Å². The quantitative estimate of drug-likeness (QED) is 0.662. The van der Waals surface area contributed by atoms with Gasteiger partial charge in [-0.2, -0.15) is 0 Å². The lowest BCUT2D eigenvalue weighted by atomic mass is 10.2. The second kappa shape index (κ2) is 5.01. The molecule has 0 radical (unpaired) electrons. The summed E-state index contributed by atoms with van der Waals surface area (Å²) in [7, 11) is 6.49. The van der Waals surface area contributed by atoms with E-state index in [4.69, 9.17) is 0 Å². The molecule has 1 N–H and O–H groups in total. The van der Waals surface area contributed by atoms with E-state index in [1.165, 1.54) is 6.54 Å². The molecule has 2 heterocycles. The second-order valence-corrected chi connectivity index (χ2v) is 4.90. The molecule has 92 valence electrons. The van der Waals surface area contributed by atoms with Crippen LogP contribution in [-0.4, -0.2) is 87.1 Å². The zero-order valence-corrected chi connectivity index (χ0v) is 10.6. The van der Waals surface area contributed by atoms with Crippen LogP contribution >= 0.6 is 0 Å². The third-order valence-electron chi connectivity index (χ3n) is 3.53. The molecule has 0 aliphatic carbocycles. The first-order valence-corrected chi connectivity index (χ1v) is 6.05. The van der Waals surface area contributed by atoms with Crippen molar-refractivity contribution in [3.8, 4) is 0 Å². The third-order valence-corrected chi connectivity index (χ3v) is 3.53. The Morgan fingerprint density at radius 1 is 1.25 bits per heavy atom. The van der Waals surface area contributed by atoms with Crippen molar-refractivity contribution in [3.05, 3.63) is 0 Å². The van der Waals surface area contributed by atoms with Crippen LogP contribution in [0.25, 0.3) is 0 Å². The van der Waals surface area contributed by atoms with Gasteiger partial charge in [-0.25, -0.2) is 0 Å². The van der Waals surface area contributed by atoms with Crippen LogP contribution in [0, 0.1) is 0 Å². The topological polar surface area (TPSA) is 34.1 Å². The Labute approximate surface area is 98.1 Å². The molecule has 1 unspecified atom stereocenters. The largest absolute Gasteiger partial charge is 0.355 e. The van der Waals surface area contributed by atoms with E-state index < -0.39 is 0 Å². The van der Waals surface area contributed by atoms with Crippen LogP contribution in [0.3, 0.4) is 0 Å². The van der Waals surface area contributed by atoms with Crippen molar-refractivity contribution in [2.45, 2.75) is 6.04 Å². The second-order valence-electron chi connectivity index (χ2n) is 4.90. The van der Waals surface area contributed by atoms with Gasteiger partial charge < -0.3 is 15.1 Å². The monoisotopic (exact) mass is 225 g/mol. The van der Waals surface area contributed by atoms with Crippen LogP contribution in [0.1, 0.15) is 0 Å². The summed E-state index contributed by atoms with van der Waals surface area (Å²) in [5.41, 5.74) is 0. The molecule has 5 heteroatoms. The molecule has 0 aromatic heterocycles. The molecular weight excluding hydrogens is 202 g/mol. The van der Waals surface area contributed by atoms with Gasteiger partial charge in [0.25, 0.3) is 0 Å². The van der Waals surface area contributed by atoms with Crippen molar-refractivity contribution in [1.82, 2.24) is 20.0 Å². The predicted octanol–water partition coefficient (Wildman–Crippen LogP) is -0.877. The zero-order valence-electron chi connectivity index (χ0n) is 10.6. The molecule has 1 fully saturated rings. The maximum Gasteiger partial charge on any atom is 0.193 e. The number of hydrogen-bond acceptors (Lipinski definition) is 5. The first-order valence-electron chi connectivity index (χ1n) is 6.05. The van der Waals surface area contributed by atoms with E-state index in [2.05, 4.69) is 46.2 Å². The lowest BCUT2D eigenvalue weighted by molar-refractivity contribution is 0.116. The lowest BCUT2D eigenvalue weighted by Crippen LogP contribution is -2.55. The van der Waals surface area contributed by atoms with Crippen molar-refractivity contribution in [1.29, 1.82) is 0 Å². The molecule has 0 aromatic carbocycles. The van der Waals surface area contributed by atoms with E-state index in [1.54, 1.807) is 0 Å². The molecule has 16 heavy (non-hydrogen) atoms. The average Bonchev–Trinajstić information content (AvgIpc) is 2.66. The Kier molecular flexibility index (Phi) is 3.66. The number of aliphatic imine (C=N–C) groups is 1. The number of piperazine rings is 1. The number of rotatable bonds is 2. The van der Waals surface area contributed by atoms with Gasteiger partial charge in [-0.1, -0.05) is 0 Å². The summed E-state index contributed by atoms with van der Waals surface area (Å²) in [6, 6.07) is 0.593. The fourth-order valence-corrected chi connectivity index (χ4v) is 2.25. The highest BCUT2D eigenvalue weighted by atomic mass is 15.3. The Balaban J connectivity index is 1.80. The van der Waals surface area contributed by atoms with E-state index in [1.807, 2.05) is 0 Å². The first kappa shape index (κ1) is 11.7. The molecule has 1 atom stereocenters. The minimum atomic E-state index is 0.593. The normalized spacial score (nSPS) is 28.3. The van der Waals surface area contributed by atoms with Crippen LogP contribution in [0.2, 0.25) is 0 Å². The molecule has 2 rings (SSSR count). The maximum absolute atomic E-state index is 4.44. The van der Waals surface area contributed by atoms with Gasteiger partial charge in [0, 0.05) is 45.8 Å². The number of guanidine groups is 1. The molecule has 5 nitrogen and oxygen atoms in total. The van der Waals surface area contributed by atoms with Crippen LogP contribution in [0.5, 0.6) is 0 Å². The highest BCUT2D eigenvalue weighted by Gasteiger charge is 2.23. The molecular formula is C11H23N5. The van der Waals surface area contributed by atoms with Crippen LogP contribution in [0.15, 0.2) is 4.99 Å². The summed E-state index contributed by atoms with van der Waals surface area (Å²) in [5.74, 6) is 1.06.